The summed E-state index contributed by atoms with van der Waals surface area (Å²) < 4.78 is 0. The van der Waals surface area contributed by atoms with Crippen LogP contribution in [0.4, 0.5) is 4.79 Å². The summed E-state index contributed by atoms with van der Waals surface area (Å²) in [5, 5.41) is 8.18. The summed E-state index contributed by atoms with van der Waals surface area (Å²) in [5.74, 6) is 0. The van der Waals surface area contributed by atoms with Crippen LogP contribution >= 0.6 is 7.26 Å². The summed E-state index contributed by atoms with van der Waals surface area (Å²) in [7, 11) is -3.64. The van der Waals surface area contributed by atoms with E-state index < -0.39 is 13.0 Å². The Morgan fingerprint density at radius 3 is 1.40 bits per heavy atom. The molecule has 0 aliphatic rings. The first-order valence-electron chi connectivity index (χ1n) is 2.13. The topological polar surface area (TPSA) is 88.5 Å². The molecule has 0 saturated carbocycles. The Balaban J connectivity index is 4.81. The SMILES string of the molecule is O=C[P+](C=O)(C=O)C(=O)O. The van der Waals surface area contributed by atoms with Gasteiger partial charge in [-0.05, 0) is 0 Å². The van der Waals surface area contributed by atoms with Crippen LogP contribution in [0.1, 0.15) is 0 Å². The molecular weight excluding hydrogens is 159 g/mol. The fourth-order valence-electron chi connectivity index (χ4n) is 0.210. The van der Waals surface area contributed by atoms with E-state index in [2.05, 4.69) is 0 Å². The molecule has 0 aliphatic heterocycles. The largest absolute Gasteiger partial charge is 0.473 e. The minimum atomic E-state index is -3.64. The first-order valence-corrected chi connectivity index (χ1v) is 4.13. The van der Waals surface area contributed by atoms with Gasteiger partial charge in [0.15, 0.2) is 0 Å². The zero-order valence-electron chi connectivity index (χ0n) is 4.76. The third-order valence-electron chi connectivity index (χ3n) is 0.855. The molecule has 1 N–H and O–H groups in total. The lowest BCUT2D eigenvalue weighted by Crippen LogP contribution is -2.07. The fourth-order valence-corrected chi connectivity index (χ4v) is 0.629. The predicted octanol–water partition coefficient (Wildman–Crippen LogP) is 0.253. The standard InChI is InChI=1S/C4H3O5P/c5-1-10(2-6,3-7)4(8)9/h1-3H/p+1. The Morgan fingerprint density at radius 1 is 1.10 bits per heavy atom. The summed E-state index contributed by atoms with van der Waals surface area (Å²) in [6, 6.07) is -0.306. The zero-order chi connectivity index (χ0) is 8.20. The number of carbonyl (C=O) groups excluding carboxylic acids is 3. The number of hydrogen-bond acceptors (Lipinski definition) is 4. The van der Waals surface area contributed by atoms with E-state index in [9.17, 15) is 19.2 Å². The molecule has 5 nitrogen and oxygen atoms in total. The van der Waals surface area contributed by atoms with E-state index in [0.717, 1.165) is 0 Å². The van der Waals surface area contributed by atoms with Crippen molar-refractivity contribution in [2.75, 3.05) is 0 Å². The van der Waals surface area contributed by atoms with Gasteiger partial charge in [0.25, 0.3) is 18.1 Å². The molecule has 0 saturated heterocycles. The molecule has 0 atom stereocenters. The van der Waals surface area contributed by atoms with Crippen molar-refractivity contribution in [1.82, 2.24) is 0 Å². The van der Waals surface area contributed by atoms with Crippen LogP contribution in [0.3, 0.4) is 0 Å². The van der Waals surface area contributed by atoms with Gasteiger partial charge in [0.05, 0.1) is 0 Å². The lowest BCUT2D eigenvalue weighted by atomic mass is 11.6. The van der Waals surface area contributed by atoms with Gasteiger partial charge in [0, 0.05) is 0 Å². The van der Waals surface area contributed by atoms with Crippen molar-refractivity contribution in [1.29, 1.82) is 0 Å². The normalized spacial score (nSPS) is 10.0. The number of carboxylic acid groups (broad SMARTS) is 1. The van der Waals surface area contributed by atoms with Gasteiger partial charge in [-0.2, -0.15) is 0 Å². The van der Waals surface area contributed by atoms with Gasteiger partial charge in [-0.3, -0.25) is 14.4 Å². The minimum absolute atomic E-state index is 0.102. The first-order chi connectivity index (χ1) is 4.63. The van der Waals surface area contributed by atoms with Crippen LogP contribution in [0.5, 0.6) is 0 Å². The maximum Gasteiger partial charge on any atom is 0.473 e. The van der Waals surface area contributed by atoms with E-state index in [1.165, 1.54) is 0 Å². The van der Waals surface area contributed by atoms with Crippen molar-refractivity contribution < 1.29 is 24.3 Å². The van der Waals surface area contributed by atoms with Crippen molar-refractivity contribution in [2.45, 2.75) is 0 Å². The van der Waals surface area contributed by atoms with Gasteiger partial charge in [-0.25, -0.2) is 4.79 Å². The predicted molar refractivity (Wildman–Crippen MR) is 35.2 cm³/mol. The third-order valence-corrected chi connectivity index (χ3v) is 2.56. The van der Waals surface area contributed by atoms with Crippen molar-refractivity contribution in [3.05, 3.63) is 0 Å². The highest BCUT2D eigenvalue weighted by molar-refractivity contribution is 8.21. The van der Waals surface area contributed by atoms with Crippen LogP contribution in [-0.2, 0) is 14.4 Å². The molecule has 6 heteroatoms. The van der Waals surface area contributed by atoms with Gasteiger partial charge >= 0.3 is 13.0 Å². The third kappa shape index (κ3) is 1.25. The second-order valence-corrected chi connectivity index (χ2v) is 4.12. The van der Waals surface area contributed by atoms with E-state index in [0.29, 0.717) is 0 Å². The summed E-state index contributed by atoms with van der Waals surface area (Å²) in [6.45, 7) is 0. The van der Waals surface area contributed by atoms with Gasteiger partial charge in [0.2, 0.25) is 0 Å². The molecule has 0 heterocycles. The average molecular weight is 163 g/mol. The average Bonchev–Trinajstić information content (AvgIpc) is 1.92. The minimum Gasteiger partial charge on any atom is -0.450 e. The zero-order valence-corrected chi connectivity index (χ0v) is 5.65. The summed E-state index contributed by atoms with van der Waals surface area (Å²) in [4.78, 5) is 39.9. The maximum atomic E-state index is 10.1. The molecule has 0 aromatic rings. The molecule has 0 unspecified atom stereocenters. The van der Waals surface area contributed by atoms with Crippen LogP contribution < -0.4 is 0 Å². The highest BCUT2D eigenvalue weighted by atomic mass is 31.2. The number of hydrogen-bond donors (Lipinski definition) is 1. The molecule has 0 aliphatic carbocycles. The van der Waals surface area contributed by atoms with Crippen LogP contribution in [0.25, 0.3) is 0 Å². The molecular formula is C4H4O5P+. The smallest absolute Gasteiger partial charge is 0.450 e. The molecule has 0 radical (unpaired) electrons. The lowest BCUT2D eigenvalue weighted by molar-refractivity contribution is 0.221. The second kappa shape index (κ2) is 3.17. The molecule has 0 aromatic carbocycles. The van der Waals surface area contributed by atoms with E-state index in [-0.39, 0.29) is 18.1 Å². The Bertz CT molecular complexity index is 164. The van der Waals surface area contributed by atoms with Crippen molar-refractivity contribution in [3.8, 4) is 0 Å². The number of carbonyl (C=O) groups is 4. The van der Waals surface area contributed by atoms with Gasteiger partial charge < -0.3 is 5.11 Å². The molecule has 0 spiro atoms. The van der Waals surface area contributed by atoms with Gasteiger partial charge in [-0.1, -0.05) is 0 Å². The summed E-state index contributed by atoms with van der Waals surface area (Å²) in [5.41, 5.74) is -1.65. The van der Waals surface area contributed by atoms with Gasteiger partial charge in [0.1, 0.15) is 0 Å². The van der Waals surface area contributed by atoms with E-state index in [4.69, 9.17) is 5.11 Å². The number of rotatable bonds is 4. The van der Waals surface area contributed by atoms with Crippen LogP contribution in [-0.4, -0.2) is 28.9 Å². The molecule has 10 heavy (non-hydrogen) atoms. The van der Waals surface area contributed by atoms with E-state index in [1.54, 1.807) is 0 Å². The lowest BCUT2D eigenvalue weighted by Gasteiger charge is -1.93. The summed E-state index contributed by atoms with van der Waals surface area (Å²) in [6.07, 6.45) is 0. The van der Waals surface area contributed by atoms with Crippen molar-refractivity contribution >= 4 is 31.1 Å². The molecule has 0 aromatic heterocycles. The first kappa shape index (κ1) is 8.91. The molecule has 0 amide bonds. The summed E-state index contributed by atoms with van der Waals surface area (Å²) >= 11 is 0. The Kier molecular flexibility index (Phi) is 2.83. The molecule has 0 fully saturated rings. The van der Waals surface area contributed by atoms with E-state index in [1.807, 2.05) is 0 Å². The molecule has 0 rings (SSSR count). The quantitative estimate of drug-likeness (QED) is 0.474. The second-order valence-electron chi connectivity index (χ2n) is 1.43. The van der Waals surface area contributed by atoms with Crippen LogP contribution in [0, 0.1) is 0 Å². The molecule has 54 valence electrons. The maximum absolute atomic E-state index is 10.1. The molecule has 0 bridgehead atoms. The van der Waals surface area contributed by atoms with E-state index >= 15 is 0 Å². The highest BCUT2D eigenvalue weighted by Crippen LogP contribution is 2.49. The van der Waals surface area contributed by atoms with Crippen molar-refractivity contribution in [2.24, 2.45) is 0 Å². The van der Waals surface area contributed by atoms with Gasteiger partial charge in [-0.15, -0.1) is 0 Å². The Hall–Kier alpha value is -1.09. The highest BCUT2D eigenvalue weighted by Gasteiger charge is 2.49. The fraction of sp³-hybridized carbons (Fsp3) is 0. The van der Waals surface area contributed by atoms with Crippen molar-refractivity contribution in [3.63, 3.8) is 0 Å². The van der Waals surface area contributed by atoms with Crippen LogP contribution in [0.2, 0.25) is 0 Å². The monoisotopic (exact) mass is 163 g/mol. The van der Waals surface area contributed by atoms with Crippen LogP contribution in [0.15, 0.2) is 0 Å². The Labute approximate surface area is 56.4 Å². The Morgan fingerprint density at radius 2 is 1.40 bits per heavy atom.